The van der Waals surface area contributed by atoms with Crippen LogP contribution in [0.15, 0.2) is 29.2 Å². The number of hydrogen-bond donors (Lipinski definition) is 0. The summed E-state index contributed by atoms with van der Waals surface area (Å²) in [5.41, 5.74) is 0.998. The molecule has 0 atom stereocenters. The maximum Gasteiger partial charge on any atom is 0.309 e. The number of benzene rings is 1. The number of esters is 1. The maximum absolute atomic E-state index is 11.0. The van der Waals surface area contributed by atoms with Crippen molar-refractivity contribution in [3.05, 3.63) is 29.8 Å². The first-order chi connectivity index (χ1) is 6.76. The molecule has 1 aromatic rings. The first kappa shape index (κ1) is 11.1. The molecule has 0 unspecified atom stereocenters. The van der Waals surface area contributed by atoms with Gasteiger partial charge in [0.1, 0.15) is 0 Å². The topological polar surface area (TPSA) is 26.3 Å². The van der Waals surface area contributed by atoms with Crippen molar-refractivity contribution in [3.8, 4) is 0 Å². The van der Waals surface area contributed by atoms with Crippen molar-refractivity contribution < 1.29 is 9.53 Å². The normalized spacial score (nSPS) is 9.86. The third kappa shape index (κ3) is 3.42. The molecule has 0 amide bonds. The van der Waals surface area contributed by atoms with Gasteiger partial charge in [-0.3, -0.25) is 4.79 Å². The number of thioether (sulfide) groups is 1. The highest BCUT2D eigenvalue weighted by Gasteiger charge is 2.01. The summed E-state index contributed by atoms with van der Waals surface area (Å²) in [6.07, 6.45) is 0.355. The summed E-state index contributed by atoms with van der Waals surface area (Å²) in [7, 11) is 1.41. The highest BCUT2D eigenvalue weighted by atomic mass is 32.2. The Morgan fingerprint density at radius 3 is 2.50 bits per heavy atom. The van der Waals surface area contributed by atoms with Gasteiger partial charge in [-0.05, 0) is 23.4 Å². The van der Waals surface area contributed by atoms with Crippen LogP contribution in [-0.2, 0) is 16.0 Å². The third-order valence-electron chi connectivity index (χ3n) is 1.81. The quantitative estimate of drug-likeness (QED) is 0.564. The lowest BCUT2D eigenvalue weighted by molar-refractivity contribution is -0.139. The molecule has 0 heterocycles. The van der Waals surface area contributed by atoms with Gasteiger partial charge in [-0.25, -0.2) is 0 Å². The Kier molecular flexibility index (Phi) is 4.53. The Morgan fingerprint density at radius 1 is 1.36 bits per heavy atom. The van der Waals surface area contributed by atoms with E-state index in [1.54, 1.807) is 11.8 Å². The summed E-state index contributed by atoms with van der Waals surface area (Å²) in [5.74, 6) is 0.872. The number of rotatable bonds is 4. The summed E-state index contributed by atoms with van der Waals surface area (Å²) in [5, 5.41) is 0. The fourth-order valence-corrected chi connectivity index (χ4v) is 1.77. The molecule has 3 heteroatoms. The number of methoxy groups -OCH3 is 1. The average Bonchev–Trinajstić information content (AvgIpc) is 2.21. The van der Waals surface area contributed by atoms with E-state index in [1.807, 2.05) is 24.3 Å². The number of carbonyl (C=O) groups excluding carboxylic acids is 1. The van der Waals surface area contributed by atoms with Crippen molar-refractivity contribution in [2.24, 2.45) is 0 Å². The van der Waals surface area contributed by atoms with Crippen molar-refractivity contribution >= 4 is 17.7 Å². The lowest BCUT2D eigenvalue weighted by Crippen LogP contribution is -2.03. The minimum atomic E-state index is -0.194. The Morgan fingerprint density at radius 2 is 2.00 bits per heavy atom. The Hall–Kier alpha value is -0.960. The maximum atomic E-state index is 11.0. The van der Waals surface area contributed by atoms with E-state index in [1.165, 1.54) is 12.0 Å². The zero-order valence-electron chi connectivity index (χ0n) is 8.45. The monoisotopic (exact) mass is 210 g/mol. The van der Waals surface area contributed by atoms with Crippen LogP contribution >= 0.6 is 11.8 Å². The Labute approximate surface area is 88.7 Å². The summed E-state index contributed by atoms with van der Waals surface area (Å²) in [4.78, 5) is 12.2. The standard InChI is InChI=1S/C11H14O2S/c1-3-14-10-6-4-9(5-7-10)8-11(12)13-2/h4-7H,3,8H2,1-2H3. The predicted molar refractivity (Wildman–Crippen MR) is 58.6 cm³/mol. The Balaban J connectivity index is 2.59. The van der Waals surface area contributed by atoms with E-state index in [4.69, 9.17) is 0 Å². The molecule has 0 fully saturated rings. The minimum Gasteiger partial charge on any atom is -0.469 e. The summed E-state index contributed by atoms with van der Waals surface area (Å²) in [6, 6.07) is 8.00. The summed E-state index contributed by atoms with van der Waals surface area (Å²) < 4.78 is 4.59. The third-order valence-corrected chi connectivity index (χ3v) is 2.70. The van der Waals surface area contributed by atoms with Crippen LogP contribution < -0.4 is 0 Å². The van der Waals surface area contributed by atoms with Gasteiger partial charge in [-0.1, -0.05) is 19.1 Å². The molecule has 76 valence electrons. The van der Waals surface area contributed by atoms with Crippen molar-refractivity contribution in [1.82, 2.24) is 0 Å². The van der Waals surface area contributed by atoms with Gasteiger partial charge in [0.25, 0.3) is 0 Å². The largest absolute Gasteiger partial charge is 0.469 e. The first-order valence-corrected chi connectivity index (χ1v) is 5.53. The highest BCUT2D eigenvalue weighted by molar-refractivity contribution is 7.99. The smallest absolute Gasteiger partial charge is 0.309 e. The van der Waals surface area contributed by atoms with Crippen molar-refractivity contribution in [3.63, 3.8) is 0 Å². The zero-order chi connectivity index (χ0) is 10.4. The van der Waals surface area contributed by atoms with E-state index in [9.17, 15) is 4.79 Å². The molecule has 0 radical (unpaired) electrons. The van der Waals surface area contributed by atoms with Gasteiger partial charge >= 0.3 is 5.97 Å². The summed E-state index contributed by atoms with van der Waals surface area (Å²) >= 11 is 1.79. The molecule has 0 saturated carbocycles. The van der Waals surface area contributed by atoms with Gasteiger partial charge in [-0.2, -0.15) is 0 Å². The summed E-state index contributed by atoms with van der Waals surface area (Å²) in [6.45, 7) is 2.12. The van der Waals surface area contributed by atoms with E-state index in [-0.39, 0.29) is 5.97 Å². The van der Waals surface area contributed by atoms with Gasteiger partial charge in [0, 0.05) is 4.90 Å². The van der Waals surface area contributed by atoms with Crippen LogP contribution in [-0.4, -0.2) is 18.8 Å². The van der Waals surface area contributed by atoms with E-state index < -0.39 is 0 Å². The van der Waals surface area contributed by atoms with E-state index in [0.29, 0.717) is 6.42 Å². The minimum absolute atomic E-state index is 0.194. The van der Waals surface area contributed by atoms with Gasteiger partial charge in [0.05, 0.1) is 13.5 Å². The fourth-order valence-electron chi connectivity index (χ4n) is 1.11. The lowest BCUT2D eigenvalue weighted by atomic mass is 10.2. The van der Waals surface area contributed by atoms with E-state index >= 15 is 0 Å². The molecule has 0 aliphatic carbocycles. The number of carbonyl (C=O) groups is 1. The highest BCUT2D eigenvalue weighted by Crippen LogP contribution is 2.17. The van der Waals surface area contributed by atoms with Crippen LogP contribution in [0.5, 0.6) is 0 Å². The van der Waals surface area contributed by atoms with Crippen LogP contribution in [0.4, 0.5) is 0 Å². The van der Waals surface area contributed by atoms with Gasteiger partial charge in [0.2, 0.25) is 0 Å². The second-order valence-electron chi connectivity index (χ2n) is 2.83. The molecule has 0 spiro atoms. The first-order valence-electron chi connectivity index (χ1n) is 4.54. The molecule has 0 saturated heterocycles. The molecule has 0 aromatic heterocycles. The predicted octanol–water partition coefficient (Wildman–Crippen LogP) is 2.51. The van der Waals surface area contributed by atoms with Crippen LogP contribution in [0.1, 0.15) is 12.5 Å². The Bertz CT molecular complexity index is 293. The van der Waals surface area contributed by atoms with Crippen LogP contribution in [0, 0.1) is 0 Å². The molecule has 14 heavy (non-hydrogen) atoms. The van der Waals surface area contributed by atoms with Crippen LogP contribution in [0.2, 0.25) is 0 Å². The van der Waals surface area contributed by atoms with Gasteiger partial charge in [-0.15, -0.1) is 11.8 Å². The zero-order valence-corrected chi connectivity index (χ0v) is 9.26. The molecular formula is C11H14O2S. The molecule has 0 aliphatic rings. The SMILES string of the molecule is CCSc1ccc(CC(=O)OC)cc1. The van der Waals surface area contributed by atoms with Gasteiger partial charge < -0.3 is 4.74 Å². The second-order valence-corrected chi connectivity index (χ2v) is 4.17. The van der Waals surface area contributed by atoms with Crippen molar-refractivity contribution in [2.75, 3.05) is 12.9 Å². The molecule has 0 bridgehead atoms. The molecule has 1 rings (SSSR count). The van der Waals surface area contributed by atoms with Crippen LogP contribution in [0.3, 0.4) is 0 Å². The molecular weight excluding hydrogens is 196 g/mol. The molecule has 0 N–H and O–H groups in total. The van der Waals surface area contributed by atoms with E-state index in [2.05, 4.69) is 11.7 Å². The fraction of sp³-hybridized carbons (Fsp3) is 0.364. The molecule has 2 nitrogen and oxygen atoms in total. The van der Waals surface area contributed by atoms with E-state index in [0.717, 1.165) is 11.3 Å². The number of hydrogen-bond acceptors (Lipinski definition) is 3. The molecule has 0 aliphatic heterocycles. The van der Waals surface area contributed by atoms with Crippen LogP contribution in [0.25, 0.3) is 0 Å². The average molecular weight is 210 g/mol. The van der Waals surface area contributed by atoms with Crippen molar-refractivity contribution in [2.45, 2.75) is 18.2 Å². The lowest BCUT2D eigenvalue weighted by Gasteiger charge is -2.01. The molecule has 1 aromatic carbocycles. The van der Waals surface area contributed by atoms with Crippen molar-refractivity contribution in [1.29, 1.82) is 0 Å². The van der Waals surface area contributed by atoms with Gasteiger partial charge in [0.15, 0.2) is 0 Å². The second kappa shape index (κ2) is 5.70. The number of ether oxygens (including phenoxy) is 1.